The number of hydrogen-bond donors (Lipinski definition) is 0. The summed E-state index contributed by atoms with van der Waals surface area (Å²) >= 11 is 6.19. The molecule has 0 aromatic carbocycles. The Kier molecular flexibility index (Phi) is 3.53. The quantitative estimate of drug-likeness (QED) is 0.725. The highest BCUT2D eigenvalue weighted by molar-refractivity contribution is 6.20. The number of halogens is 1. The molecule has 1 aliphatic rings. The zero-order valence-corrected chi connectivity index (χ0v) is 10.9. The van der Waals surface area contributed by atoms with Crippen LogP contribution in [0.1, 0.15) is 44.4 Å². The van der Waals surface area contributed by atoms with E-state index in [4.69, 9.17) is 11.6 Å². The van der Waals surface area contributed by atoms with Gasteiger partial charge in [-0.3, -0.25) is 4.98 Å². The van der Waals surface area contributed by atoms with E-state index in [0.29, 0.717) is 10.8 Å². The van der Waals surface area contributed by atoms with Gasteiger partial charge in [-0.15, -0.1) is 11.6 Å². The fourth-order valence-electron chi connectivity index (χ4n) is 2.61. The molecular weight excluding hydrogens is 218 g/mol. The van der Waals surface area contributed by atoms with Crippen molar-refractivity contribution in [2.24, 2.45) is 5.41 Å². The van der Waals surface area contributed by atoms with E-state index in [1.807, 2.05) is 6.20 Å². The Morgan fingerprint density at radius 1 is 1.50 bits per heavy atom. The van der Waals surface area contributed by atoms with Crippen molar-refractivity contribution in [1.82, 2.24) is 4.98 Å². The number of rotatable bonds is 3. The lowest BCUT2D eigenvalue weighted by Gasteiger charge is -2.23. The molecule has 0 amide bonds. The zero-order valence-electron chi connectivity index (χ0n) is 10.2. The van der Waals surface area contributed by atoms with Crippen LogP contribution in [0.25, 0.3) is 0 Å². The van der Waals surface area contributed by atoms with Gasteiger partial charge in [0.25, 0.3) is 0 Å². The van der Waals surface area contributed by atoms with Crippen LogP contribution in [-0.4, -0.2) is 10.4 Å². The molecule has 1 fully saturated rings. The number of alkyl halides is 1. The second kappa shape index (κ2) is 4.75. The number of hydrogen-bond acceptors (Lipinski definition) is 1. The van der Waals surface area contributed by atoms with Gasteiger partial charge >= 0.3 is 0 Å². The van der Waals surface area contributed by atoms with Crippen molar-refractivity contribution in [1.29, 1.82) is 0 Å². The van der Waals surface area contributed by atoms with Crippen molar-refractivity contribution in [3.63, 3.8) is 0 Å². The Balaban J connectivity index is 2.03. The van der Waals surface area contributed by atoms with Gasteiger partial charge in [-0.05, 0) is 49.1 Å². The van der Waals surface area contributed by atoms with E-state index in [-0.39, 0.29) is 0 Å². The number of nitrogens with zero attached hydrogens (tertiary/aromatic N) is 1. The molecule has 1 aromatic rings. The van der Waals surface area contributed by atoms with Crippen LogP contribution in [-0.2, 0) is 12.8 Å². The fourth-order valence-corrected chi connectivity index (χ4v) is 3.09. The van der Waals surface area contributed by atoms with Crippen LogP contribution in [0.3, 0.4) is 0 Å². The van der Waals surface area contributed by atoms with Gasteiger partial charge in [0.05, 0.1) is 0 Å². The van der Waals surface area contributed by atoms with Gasteiger partial charge in [-0.25, -0.2) is 0 Å². The number of pyridine rings is 1. The third-order valence-corrected chi connectivity index (χ3v) is 4.05. The van der Waals surface area contributed by atoms with E-state index < -0.39 is 0 Å². The first-order chi connectivity index (χ1) is 7.61. The molecule has 2 unspecified atom stereocenters. The highest BCUT2D eigenvalue weighted by Crippen LogP contribution is 2.42. The highest BCUT2D eigenvalue weighted by atomic mass is 35.5. The standard InChI is InChI=1S/C14H20ClN/c1-3-11-4-5-13(16-10-11)9-14(2)7-6-12(15)8-14/h4-5,10,12H,3,6-9H2,1-2H3. The first-order valence-electron chi connectivity index (χ1n) is 6.19. The smallest absolute Gasteiger partial charge is 0.0409 e. The molecular formula is C14H20ClN. The lowest BCUT2D eigenvalue weighted by Crippen LogP contribution is -2.16. The van der Waals surface area contributed by atoms with Gasteiger partial charge < -0.3 is 0 Å². The van der Waals surface area contributed by atoms with Gasteiger partial charge in [0, 0.05) is 17.3 Å². The first-order valence-corrected chi connectivity index (χ1v) is 6.63. The van der Waals surface area contributed by atoms with Crippen LogP contribution in [0, 0.1) is 5.41 Å². The summed E-state index contributed by atoms with van der Waals surface area (Å²) in [7, 11) is 0. The Labute approximate surface area is 103 Å². The summed E-state index contributed by atoms with van der Waals surface area (Å²) < 4.78 is 0. The van der Waals surface area contributed by atoms with Crippen LogP contribution in [0.15, 0.2) is 18.3 Å². The Bertz CT molecular complexity index is 346. The second-order valence-electron chi connectivity index (χ2n) is 5.34. The lowest BCUT2D eigenvalue weighted by atomic mass is 9.83. The molecule has 1 heterocycles. The summed E-state index contributed by atoms with van der Waals surface area (Å²) in [5, 5.41) is 0.375. The molecule has 1 nitrogen and oxygen atoms in total. The summed E-state index contributed by atoms with van der Waals surface area (Å²) in [4.78, 5) is 4.54. The van der Waals surface area contributed by atoms with Crippen LogP contribution in [0.4, 0.5) is 0 Å². The van der Waals surface area contributed by atoms with Crippen molar-refractivity contribution < 1.29 is 0 Å². The average Bonchev–Trinajstić information content (AvgIpc) is 2.59. The second-order valence-corrected chi connectivity index (χ2v) is 5.96. The predicted octanol–water partition coefficient (Wildman–Crippen LogP) is 3.98. The first kappa shape index (κ1) is 11.9. The van der Waals surface area contributed by atoms with E-state index in [1.54, 1.807) is 0 Å². The summed E-state index contributed by atoms with van der Waals surface area (Å²) in [6.45, 7) is 4.50. The van der Waals surface area contributed by atoms with E-state index >= 15 is 0 Å². The zero-order chi connectivity index (χ0) is 11.6. The minimum Gasteiger partial charge on any atom is -0.261 e. The van der Waals surface area contributed by atoms with E-state index in [1.165, 1.54) is 17.7 Å². The Morgan fingerprint density at radius 2 is 2.31 bits per heavy atom. The summed E-state index contributed by atoms with van der Waals surface area (Å²) in [5.74, 6) is 0. The molecule has 1 saturated carbocycles. The lowest BCUT2D eigenvalue weighted by molar-refractivity contribution is 0.331. The molecule has 0 saturated heterocycles. The Morgan fingerprint density at radius 3 is 2.81 bits per heavy atom. The van der Waals surface area contributed by atoms with Gasteiger partial charge in [-0.1, -0.05) is 19.9 Å². The summed E-state index contributed by atoms with van der Waals surface area (Å²) in [5.41, 5.74) is 2.90. The van der Waals surface area contributed by atoms with Gasteiger partial charge in [0.1, 0.15) is 0 Å². The maximum absolute atomic E-state index is 6.19. The molecule has 0 spiro atoms. The van der Waals surface area contributed by atoms with Gasteiger partial charge in [0.15, 0.2) is 0 Å². The normalized spacial score (nSPS) is 29.6. The molecule has 1 aromatic heterocycles. The topological polar surface area (TPSA) is 12.9 Å². The monoisotopic (exact) mass is 237 g/mol. The molecule has 1 aliphatic carbocycles. The molecule has 2 atom stereocenters. The molecule has 16 heavy (non-hydrogen) atoms. The summed E-state index contributed by atoms with van der Waals surface area (Å²) in [6.07, 6.45) is 7.66. The van der Waals surface area contributed by atoms with E-state index in [0.717, 1.165) is 25.7 Å². The van der Waals surface area contributed by atoms with Crippen LogP contribution >= 0.6 is 11.6 Å². The van der Waals surface area contributed by atoms with E-state index in [9.17, 15) is 0 Å². The molecule has 0 radical (unpaired) electrons. The van der Waals surface area contributed by atoms with Crippen LogP contribution in [0.2, 0.25) is 0 Å². The van der Waals surface area contributed by atoms with Crippen molar-refractivity contribution >= 4 is 11.6 Å². The minimum absolute atomic E-state index is 0.368. The molecule has 2 heteroatoms. The largest absolute Gasteiger partial charge is 0.261 e. The molecule has 2 rings (SSSR count). The minimum atomic E-state index is 0.368. The molecule has 88 valence electrons. The third-order valence-electron chi connectivity index (χ3n) is 3.68. The Hall–Kier alpha value is -0.560. The molecule has 0 aliphatic heterocycles. The SMILES string of the molecule is CCc1ccc(CC2(C)CCC(Cl)C2)nc1. The van der Waals surface area contributed by atoms with Crippen molar-refractivity contribution in [2.45, 2.75) is 51.3 Å². The maximum atomic E-state index is 6.19. The van der Waals surface area contributed by atoms with Crippen molar-refractivity contribution in [3.8, 4) is 0 Å². The number of aryl methyl sites for hydroxylation is 1. The fraction of sp³-hybridized carbons (Fsp3) is 0.643. The van der Waals surface area contributed by atoms with Crippen molar-refractivity contribution in [2.75, 3.05) is 0 Å². The predicted molar refractivity (Wildman–Crippen MR) is 68.9 cm³/mol. The average molecular weight is 238 g/mol. The highest BCUT2D eigenvalue weighted by Gasteiger charge is 2.34. The van der Waals surface area contributed by atoms with Crippen LogP contribution < -0.4 is 0 Å². The molecule has 0 N–H and O–H groups in total. The van der Waals surface area contributed by atoms with E-state index in [2.05, 4.69) is 31.0 Å². The van der Waals surface area contributed by atoms with Crippen molar-refractivity contribution in [3.05, 3.63) is 29.6 Å². The summed E-state index contributed by atoms with van der Waals surface area (Å²) in [6, 6.07) is 4.37. The number of aromatic nitrogens is 1. The van der Waals surface area contributed by atoms with Gasteiger partial charge in [0.2, 0.25) is 0 Å². The maximum Gasteiger partial charge on any atom is 0.0409 e. The van der Waals surface area contributed by atoms with Gasteiger partial charge in [-0.2, -0.15) is 0 Å². The third kappa shape index (κ3) is 2.76. The molecule has 0 bridgehead atoms. The van der Waals surface area contributed by atoms with Crippen LogP contribution in [0.5, 0.6) is 0 Å².